The molecule has 1 aromatic rings. The van der Waals surface area contributed by atoms with Crippen LogP contribution >= 0.6 is 0 Å². The summed E-state index contributed by atoms with van der Waals surface area (Å²) in [6.07, 6.45) is -1.43. The van der Waals surface area contributed by atoms with Crippen molar-refractivity contribution in [2.75, 3.05) is 14.1 Å². The molecule has 4 rings (SSSR count). The van der Waals surface area contributed by atoms with Gasteiger partial charge < -0.3 is 31.1 Å². The van der Waals surface area contributed by atoms with Gasteiger partial charge in [0.25, 0.3) is 5.91 Å². The number of amides is 1. The number of ketones is 2. The van der Waals surface area contributed by atoms with E-state index in [1.165, 1.54) is 13.0 Å². The van der Waals surface area contributed by atoms with Crippen LogP contribution in [-0.2, 0) is 9.59 Å². The fraction of sp³-hybridized carbons (Fsp3) is 0.435. The van der Waals surface area contributed by atoms with Crippen LogP contribution in [0.1, 0.15) is 35.7 Å². The largest absolute Gasteiger partial charge is 0.508 e. The summed E-state index contributed by atoms with van der Waals surface area (Å²) in [4.78, 5) is 40.4. The zero-order valence-corrected chi connectivity index (χ0v) is 18.2. The molecule has 9 heteroatoms. The second-order valence-electron chi connectivity index (χ2n) is 9.09. The highest BCUT2D eigenvalue weighted by atomic mass is 16.4. The molecule has 0 aromatic heterocycles. The van der Waals surface area contributed by atoms with E-state index in [0.29, 0.717) is 5.56 Å². The van der Waals surface area contributed by atoms with Gasteiger partial charge in [-0.25, -0.2) is 0 Å². The Bertz CT molecular complexity index is 1140. The number of carbonyl (C=O) groups excluding carboxylic acids is 3. The molecular weight excluding hydrogens is 416 g/mol. The Labute approximate surface area is 184 Å². The van der Waals surface area contributed by atoms with Crippen molar-refractivity contribution in [2.45, 2.75) is 37.5 Å². The van der Waals surface area contributed by atoms with Crippen LogP contribution in [0.4, 0.5) is 0 Å². The molecule has 1 aromatic carbocycles. The van der Waals surface area contributed by atoms with Crippen LogP contribution < -0.4 is 5.73 Å². The van der Waals surface area contributed by atoms with E-state index in [1.807, 2.05) is 0 Å². The summed E-state index contributed by atoms with van der Waals surface area (Å²) in [5.41, 5.74) is 2.59. The van der Waals surface area contributed by atoms with E-state index < -0.39 is 64.3 Å². The first-order valence-electron chi connectivity index (χ1n) is 10.3. The lowest BCUT2D eigenvalue weighted by Gasteiger charge is -2.54. The van der Waals surface area contributed by atoms with E-state index in [0.717, 1.165) is 0 Å². The molecule has 32 heavy (non-hydrogen) atoms. The van der Waals surface area contributed by atoms with Crippen molar-refractivity contribution in [3.63, 3.8) is 0 Å². The Hall–Kier alpha value is -3.01. The number of aromatic hydroxyl groups is 1. The van der Waals surface area contributed by atoms with Crippen molar-refractivity contribution in [3.8, 4) is 5.75 Å². The van der Waals surface area contributed by atoms with E-state index in [1.54, 1.807) is 38.1 Å². The average molecular weight is 442 g/mol. The maximum atomic E-state index is 13.4. The van der Waals surface area contributed by atoms with Gasteiger partial charge in [0.05, 0.1) is 17.2 Å². The summed E-state index contributed by atoms with van der Waals surface area (Å²) in [5.74, 6) is -6.97. The number of nitrogens with zero attached hydrogens (tertiary/aromatic N) is 1. The molecule has 0 fully saturated rings. The first-order valence-corrected chi connectivity index (χ1v) is 10.3. The molecular formula is C23H26N2O7. The number of benzene rings is 1. The number of aliphatic hydroxyl groups excluding tert-OH is 2. The third kappa shape index (κ3) is 2.52. The predicted molar refractivity (Wildman–Crippen MR) is 113 cm³/mol. The van der Waals surface area contributed by atoms with Crippen molar-refractivity contribution < 1.29 is 34.8 Å². The molecule has 0 spiro atoms. The number of primary amides is 1. The van der Waals surface area contributed by atoms with E-state index in [2.05, 4.69) is 0 Å². The molecule has 3 aliphatic carbocycles. The van der Waals surface area contributed by atoms with Crippen molar-refractivity contribution in [1.29, 1.82) is 0 Å². The number of nitrogens with two attached hydrogens (primary N) is 1. The molecule has 6 atom stereocenters. The van der Waals surface area contributed by atoms with Crippen LogP contribution in [0.25, 0.3) is 0 Å². The Morgan fingerprint density at radius 1 is 1.19 bits per heavy atom. The van der Waals surface area contributed by atoms with E-state index in [4.69, 9.17) is 5.73 Å². The third-order valence-electron chi connectivity index (χ3n) is 7.30. The number of phenols is 1. The second kappa shape index (κ2) is 6.99. The highest BCUT2D eigenvalue weighted by Gasteiger charge is 2.66. The van der Waals surface area contributed by atoms with Gasteiger partial charge in [-0.2, -0.15) is 0 Å². The molecule has 0 saturated carbocycles. The Morgan fingerprint density at radius 2 is 1.81 bits per heavy atom. The highest BCUT2D eigenvalue weighted by molar-refractivity contribution is 6.25. The average Bonchev–Trinajstić information content (AvgIpc) is 2.70. The SMILES string of the molecule is CC1=C(C(N)=O)C(=O)C2(O)C(O)=C3C(=O)c4c(O)cccc4C(C)C3C(O)C2C1N(C)C. The van der Waals surface area contributed by atoms with Crippen LogP contribution in [0.15, 0.2) is 40.7 Å². The number of aliphatic hydroxyl groups is 3. The molecule has 0 radical (unpaired) electrons. The van der Waals surface area contributed by atoms with E-state index >= 15 is 0 Å². The highest BCUT2D eigenvalue weighted by Crippen LogP contribution is 2.55. The van der Waals surface area contributed by atoms with Crippen LogP contribution in [0.3, 0.4) is 0 Å². The maximum Gasteiger partial charge on any atom is 0.252 e. The minimum atomic E-state index is -2.73. The number of hydrogen-bond donors (Lipinski definition) is 5. The zero-order valence-electron chi connectivity index (χ0n) is 18.2. The maximum absolute atomic E-state index is 13.4. The lowest BCUT2D eigenvalue weighted by molar-refractivity contribution is -0.159. The number of Topliss-reactive ketones (excluding diaryl/α,β-unsaturated/α-hetero) is 2. The Balaban J connectivity index is 2.06. The van der Waals surface area contributed by atoms with Crippen molar-refractivity contribution >= 4 is 17.5 Å². The zero-order chi connectivity index (χ0) is 23.9. The van der Waals surface area contributed by atoms with Gasteiger partial charge in [-0.15, -0.1) is 0 Å². The first kappa shape index (κ1) is 22.2. The predicted octanol–water partition coefficient (Wildman–Crippen LogP) is 0.157. The fourth-order valence-corrected chi connectivity index (χ4v) is 5.96. The summed E-state index contributed by atoms with van der Waals surface area (Å²) >= 11 is 0. The molecule has 0 aliphatic heterocycles. The van der Waals surface area contributed by atoms with Gasteiger partial charge in [-0.05, 0) is 44.1 Å². The lowest BCUT2D eigenvalue weighted by atomic mass is 9.54. The van der Waals surface area contributed by atoms with Crippen LogP contribution in [-0.4, -0.2) is 74.6 Å². The van der Waals surface area contributed by atoms with Crippen molar-refractivity contribution in [2.24, 2.45) is 17.6 Å². The molecule has 170 valence electrons. The van der Waals surface area contributed by atoms with E-state index in [-0.39, 0.29) is 22.5 Å². The first-order chi connectivity index (χ1) is 14.9. The topological polar surface area (TPSA) is 161 Å². The number of likely N-dealkylation sites (N-methyl/N-ethyl adjacent to an activating group) is 1. The molecule has 9 nitrogen and oxygen atoms in total. The van der Waals surface area contributed by atoms with Crippen LogP contribution in [0, 0.1) is 11.8 Å². The molecule has 0 saturated heterocycles. The van der Waals surface area contributed by atoms with Gasteiger partial charge >= 0.3 is 0 Å². The normalized spacial score (nSPS) is 34.4. The minimum absolute atomic E-state index is 0.0543. The molecule has 3 aliphatic rings. The minimum Gasteiger partial charge on any atom is -0.508 e. The van der Waals surface area contributed by atoms with E-state index in [9.17, 15) is 34.8 Å². The van der Waals surface area contributed by atoms with Crippen molar-refractivity contribution in [3.05, 3.63) is 51.8 Å². The number of hydrogen-bond acceptors (Lipinski definition) is 8. The molecule has 1 amide bonds. The van der Waals surface area contributed by atoms with Gasteiger partial charge in [0.15, 0.2) is 11.4 Å². The Kier molecular flexibility index (Phi) is 4.85. The summed E-state index contributed by atoms with van der Waals surface area (Å²) in [6.45, 7) is 3.26. The monoisotopic (exact) mass is 442 g/mol. The van der Waals surface area contributed by atoms with Gasteiger partial charge in [0, 0.05) is 23.5 Å². The van der Waals surface area contributed by atoms with Crippen LogP contribution in [0.5, 0.6) is 5.75 Å². The number of rotatable bonds is 2. The standard InChI is InChI=1S/C23H26N2O7/c1-8-10-6-5-7-11(26)14(10)18(27)15-12(8)19(28)16-17(25(3)4)9(2)13(22(24)31)20(29)23(16,32)21(15)30/h5-8,12,16-17,19,26,28,30,32H,1-4H3,(H2,24,31). The smallest absolute Gasteiger partial charge is 0.252 e. The summed E-state index contributed by atoms with van der Waals surface area (Å²) in [5, 5.41) is 44.7. The molecule has 6 unspecified atom stereocenters. The fourth-order valence-electron chi connectivity index (χ4n) is 5.96. The summed E-state index contributed by atoms with van der Waals surface area (Å²) in [6, 6.07) is 3.73. The quantitative estimate of drug-likeness (QED) is 0.405. The lowest BCUT2D eigenvalue weighted by Crippen LogP contribution is -2.68. The van der Waals surface area contributed by atoms with Crippen LogP contribution in [0.2, 0.25) is 0 Å². The molecule has 0 bridgehead atoms. The van der Waals surface area contributed by atoms with Crippen molar-refractivity contribution in [1.82, 2.24) is 4.90 Å². The Morgan fingerprint density at radius 3 is 2.38 bits per heavy atom. The van der Waals surface area contributed by atoms with Gasteiger partial charge in [0.1, 0.15) is 11.5 Å². The summed E-state index contributed by atoms with van der Waals surface area (Å²) in [7, 11) is 3.30. The van der Waals surface area contributed by atoms with Gasteiger partial charge in [-0.1, -0.05) is 19.1 Å². The van der Waals surface area contributed by atoms with Gasteiger partial charge in [0.2, 0.25) is 5.78 Å². The number of phenolic OH excluding ortho intramolecular Hbond substituents is 1. The second-order valence-corrected chi connectivity index (χ2v) is 9.09. The summed E-state index contributed by atoms with van der Waals surface area (Å²) < 4.78 is 0. The molecule has 6 N–H and O–H groups in total. The molecule has 0 heterocycles. The number of fused-ring (bicyclic) bond motifs is 3. The van der Waals surface area contributed by atoms with Gasteiger partial charge in [-0.3, -0.25) is 14.4 Å². The third-order valence-corrected chi connectivity index (χ3v) is 7.30. The number of carbonyl (C=O) groups is 3.